The number of aromatic hydroxyl groups is 4. The number of phenolic OH excluding ortho intramolecular Hbond substituents is 4. The zero-order valence-electron chi connectivity index (χ0n) is 87.9. The molecular weight excluding hydrogens is 1870 g/mol. The number of phenols is 4. The predicted molar refractivity (Wildman–Crippen MR) is 566 cm³/mol. The molecule has 0 saturated heterocycles. The monoisotopic (exact) mass is 2050 g/mol. The van der Waals surface area contributed by atoms with Crippen molar-refractivity contribution in [2.75, 3.05) is 26.9 Å². The van der Waals surface area contributed by atoms with Crippen LogP contribution >= 0.6 is 0 Å². The molecule has 0 heterocycles. The van der Waals surface area contributed by atoms with E-state index in [1.807, 2.05) is 81.4 Å². The molecule has 12 unspecified atom stereocenters. The Morgan fingerprint density at radius 3 is 0.552 bits per heavy atom. The van der Waals surface area contributed by atoms with Gasteiger partial charge in [0.15, 0.2) is 18.9 Å². The molecule has 12 heteroatoms. The molecule has 9 aromatic rings. The van der Waals surface area contributed by atoms with Gasteiger partial charge in [-0.05, 0) is 323 Å². The zero-order valence-corrected chi connectivity index (χ0v) is 92.6. The second-order valence-corrected chi connectivity index (χ2v) is 38.1. The number of hydrogen-bond acceptors (Lipinski definition) is 11. The third-order valence-corrected chi connectivity index (χ3v) is 27.8. The van der Waals surface area contributed by atoms with Gasteiger partial charge in [0.1, 0.15) is 46.0 Å². The number of aryl methyl sites for hydroxylation is 1. The van der Waals surface area contributed by atoms with Crippen molar-refractivity contribution in [3.63, 3.8) is 0 Å². The summed E-state index contributed by atoms with van der Waals surface area (Å²) >= 11 is 0. The molecule has 11 nitrogen and oxygen atoms in total. The normalized spacial score (nSPS) is 15.7. The molecule has 1 radical (unpaired) electrons. The molecule has 0 bridgehead atoms. The van der Waals surface area contributed by atoms with Gasteiger partial charge in [0.2, 0.25) is 0 Å². The first-order valence-corrected chi connectivity index (χ1v) is 52.0. The van der Waals surface area contributed by atoms with E-state index in [4.69, 9.17) is 53.6 Å². The van der Waals surface area contributed by atoms with Gasteiger partial charge in [0, 0.05) is 44.1 Å². The molecule has 12 rings (SSSR count). The van der Waals surface area contributed by atoms with Gasteiger partial charge in [-0.15, -0.1) is 0 Å². The molecule has 3 aliphatic rings. The van der Waals surface area contributed by atoms with Gasteiger partial charge in [-0.25, -0.2) is 0 Å². The molecule has 3 fully saturated rings. The maximum absolute atomic E-state index is 9.01. The second kappa shape index (κ2) is 72.1. The molecule has 0 aliphatic heterocycles. The molecular formula is C122H184AcO11. The van der Waals surface area contributed by atoms with E-state index in [1.54, 1.807) is 55.6 Å². The fraction of sp³-hybridized carbons (Fsp3) is 0.557. The smallest absolute Gasteiger partial charge is 0.196 e. The van der Waals surface area contributed by atoms with E-state index in [1.165, 1.54) is 203 Å². The van der Waals surface area contributed by atoms with Crippen molar-refractivity contribution in [1.29, 1.82) is 0 Å². The minimum atomic E-state index is -0.168. The Hall–Kier alpha value is -7.30. The van der Waals surface area contributed by atoms with Gasteiger partial charge in [-0.2, -0.15) is 0 Å². The van der Waals surface area contributed by atoms with E-state index in [0.717, 1.165) is 86.3 Å². The minimum absolute atomic E-state index is 0. The number of rotatable bonds is 37. The van der Waals surface area contributed by atoms with Crippen LogP contribution in [0.25, 0.3) is 0 Å². The standard InChI is InChI=1S/3C20H32O2.C11H16O.C11H16.4C10H14O.Ac/c3*1-4-16(2)19-10-12-20(13-11-19)22-17(3)21-15-14-18-8-6-5-7-9-18;1-4-9(2)10-5-7-11(12-3)8-6-10;1-4-10(3)11-7-5-9(2)6-8-11;4*1-3-8(2)9-4-6-10(11)7-5-9;/h3*10-13,16-18H,4-9,14-15H2,1-3H3;5-9H,4H2,1-3H3;5-8,10H,4H2,1-3H3;4*4-8,11H,3H2,1-2H3;. The van der Waals surface area contributed by atoms with E-state index in [9.17, 15) is 0 Å². The van der Waals surface area contributed by atoms with E-state index in [-0.39, 0.29) is 62.9 Å². The van der Waals surface area contributed by atoms with Gasteiger partial charge >= 0.3 is 0 Å². The summed E-state index contributed by atoms with van der Waals surface area (Å²) < 4.78 is 40.1. The van der Waals surface area contributed by atoms with E-state index < -0.39 is 0 Å². The summed E-state index contributed by atoms with van der Waals surface area (Å²) in [7, 11) is 1.69. The van der Waals surface area contributed by atoms with Gasteiger partial charge in [0.25, 0.3) is 0 Å². The van der Waals surface area contributed by atoms with Gasteiger partial charge < -0.3 is 53.6 Å². The average molecular weight is 2050 g/mol. The Kier molecular flexibility index (Phi) is 65.0. The first kappa shape index (κ1) is 121. The molecule has 9 aromatic carbocycles. The minimum Gasteiger partial charge on any atom is -0.508 e. The van der Waals surface area contributed by atoms with Crippen molar-refractivity contribution in [2.45, 2.75) is 398 Å². The molecule has 134 heavy (non-hydrogen) atoms. The van der Waals surface area contributed by atoms with Crippen molar-refractivity contribution in [2.24, 2.45) is 17.8 Å². The number of benzene rings is 9. The number of methoxy groups -OCH3 is 1. The molecule has 0 spiro atoms. The Labute approximate surface area is 853 Å². The first-order chi connectivity index (χ1) is 64.0. The van der Waals surface area contributed by atoms with Crippen LogP contribution in [0.2, 0.25) is 0 Å². The van der Waals surface area contributed by atoms with E-state index >= 15 is 0 Å². The van der Waals surface area contributed by atoms with Crippen LogP contribution in [0.4, 0.5) is 0 Å². The number of ether oxygens (including phenoxy) is 7. The van der Waals surface area contributed by atoms with Crippen LogP contribution in [0.5, 0.6) is 46.0 Å². The van der Waals surface area contributed by atoms with Crippen LogP contribution in [0.3, 0.4) is 0 Å². The molecule has 741 valence electrons. The fourth-order valence-corrected chi connectivity index (χ4v) is 16.1. The summed E-state index contributed by atoms with van der Waals surface area (Å²) in [5, 5.41) is 36.0. The van der Waals surface area contributed by atoms with Crippen LogP contribution in [-0.4, -0.2) is 66.2 Å². The fourth-order valence-electron chi connectivity index (χ4n) is 16.1. The molecule has 3 aliphatic carbocycles. The van der Waals surface area contributed by atoms with Gasteiger partial charge in [-0.3, -0.25) is 0 Å². The maximum atomic E-state index is 9.01. The Morgan fingerprint density at radius 1 is 0.231 bits per heavy atom. The Morgan fingerprint density at radius 2 is 0.388 bits per heavy atom. The maximum Gasteiger partial charge on any atom is 0.196 e. The topological polar surface area (TPSA) is 146 Å². The Balaban J connectivity index is 0.000000395. The Bertz CT molecular complexity index is 3760. The van der Waals surface area contributed by atoms with Crippen molar-refractivity contribution < 1.29 is 97.6 Å². The van der Waals surface area contributed by atoms with Crippen LogP contribution in [0, 0.1) is 68.7 Å². The molecule has 3 saturated carbocycles. The molecule has 12 atom stereocenters. The van der Waals surface area contributed by atoms with Crippen molar-refractivity contribution in [3.05, 3.63) is 274 Å². The van der Waals surface area contributed by atoms with Crippen molar-refractivity contribution >= 4 is 0 Å². The van der Waals surface area contributed by atoms with Gasteiger partial charge in [-0.1, -0.05) is 348 Å². The summed E-state index contributed by atoms with van der Waals surface area (Å²) in [4.78, 5) is 0. The average Bonchev–Trinajstić information content (AvgIpc) is 0.880. The van der Waals surface area contributed by atoms with Crippen molar-refractivity contribution in [3.8, 4) is 46.0 Å². The number of hydrogen-bond donors (Lipinski definition) is 4. The summed E-state index contributed by atoms with van der Waals surface area (Å²) in [5.41, 5.74) is 13.5. The predicted octanol–water partition coefficient (Wildman–Crippen LogP) is 36.1. The van der Waals surface area contributed by atoms with Crippen LogP contribution < -0.4 is 18.9 Å². The van der Waals surface area contributed by atoms with Crippen LogP contribution in [0.1, 0.15) is 428 Å². The second-order valence-electron chi connectivity index (χ2n) is 38.1. The van der Waals surface area contributed by atoms with E-state index in [2.05, 4.69) is 241 Å². The van der Waals surface area contributed by atoms with E-state index in [0.29, 0.717) is 76.3 Å². The van der Waals surface area contributed by atoms with Crippen LogP contribution in [0.15, 0.2) is 218 Å². The first-order valence-electron chi connectivity index (χ1n) is 52.0. The zero-order chi connectivity index (χ0) is 97.7. The van der Waals surface area contributed by atoms with Crippen LogP contribution in [-0.2, 0) is 14.2 Å². The SMILES string of the molecule is CCC(C)c1ccc(C)cc1.CCC(C)c1ccc(O)cc1.CCC(C)c1ccc(O)cc1.CCC(C)c1ccc(O)cc1.CCC(C)c1ccc(O)cc1.CCC(C)c1ccc(OC(C)OCCC2CCCCC2)cc1.CCC(C)c1ccc(OC(C)OCCC2CCCCC2)cc1.CCC(C)c1ccc(OC(C)OCCC2CCCCC2)cc1.CCC(C)c1ccc(OC)cc1.[Ac]. The van der Waals surface area contributed by atoms with Crippen molar-refractivity contribution in [1.82, 2.24) is 0 Å². The molecule has 0 aromatic heterocycles. The summed E-state index contributed by atoms with van der Waals surface area (Å²) in [6.45, 7) is 50.3. The summed E-state index contributed by atoms with van der Waals surface area (Å²) in [6.07, 6.45) is 34.5. The third-order valence-electron chi connectivity index (χ3n) is 27.8. The quantitative estimate of drug-likeness (QED) is 0.0276. The summed E-state index contributed by atoms with van der Waals surface area (Å²) in [5.74, 6) is 13.2. The molecule has 4 N–H and O–H groups in total. The van der Waals surface area contributed by atoms with Gasteiger partial charge in [0.05, 0.1) is 26.9 Å². The third kappa shape index (κ3) is 51.4. The largest absolute Gasteiger partial charge is 0.508 e. The summed E-state index contributed by atoms with van der Waals surface area (Å²) in [6, 6.07) is 72.2. The molecule has 0 amide bonds.